The Balaban J connectivity index is 4.32. The first-order valence-electron chi connectivity index (χ1n) is 23.7. The minimum atomic E-state index is -4.31. The quantitative estimate of drug-likeness (QED) is 0.0163. The maximum absolute atomic E-state index is 12.7. The highest BCUT2D eigenvalue weighted by atomic mass is 31.2. The molecule has 0 saturated carbocycles. The van der Waals surface area contributed by atoms with Crippen LogP contribution < -0.4 is 0 Å². The lowest BCUT2D eigenvalue weighted by Crippen LogP contribution is -2.37. The second-order valence-corrected chi connectivity index (χ2v) is 18.3. The number of quaternary nitrogens is 1. The maximum atomic E-state index is 12.7. The average Bonchev–Trinajstić information content (AvgIpc) is 3.19. The second-order valence-electron chi connectivity index (χ2n) is 16.8. The summed E-state index contributed by atoms with van der Waals surface area (Å²) in [7, 11) is 1.61. The maximum Gasteiger partial charge on any atom is 0.472 e. The van der Waals surface area contributed by atoms with Gasteiger partial charge in [-0.05, 0) is 70.3 Å². The number of phosphoric acid groups is 1. The molecule has 8 nitrogen and oxygen atoms in total. The van der Waals surface area contributed by atoms with Crippen molar-refractivity contribution in [3.8, 4) is 0 Å². The van der Waals surface area contributed by atoms with Crippen molar-refractivity contribution in [3.63, 3.8) is 0 Å². The summed E-state index contributed by atoms with van der Waals surface area (Å²) in [5, 5.41) is 0. The van der Waals surface area contributed by atoms with Gasteiger partial charge in [-0.3, -0.25) is 13.8 Å². The van der Waals surface area contributed by atoms with Crippen LogP contribution in [-0.4, -0.2) is 69.0 Å². The normalized spacial score (nSPS) is 14.3. The Bertz CT molecular complexity index is 1170. The molecule has 0 radical (unpaired) electrons. The number of unbranched alkanes of at least 4 members (excludes halogenated alkanes) is 19. The number of nitrogens with zero attached hydrogens (tertiary/aromatic N) is 1. The smallest absolute Gasteiger partial charge is 0.472 e. The molecule has 1 unspecified atom stereocenters. The zero-order chi connectivity index (χ0) is 43.4. The number of carbonyl (C=O) groups excluding carboxylic acids is 1. The molecule has 342 valence electrons. The van der Waals surface area contributed by atoms with Gasteiger partial charge in [0.2, 0.25) is 0 Å². The van der Waals surface area contributed by atoms with E-state index in [9.17, 15) is 14.3 Å². The van der Waals surface area contributed by atoms with Crippen LogP contribution in [0.1, 0.15) is 187 Å². The van der Waals surface area contributed by atoms with E-state index < -0.39 is 13.9 Å². The fourth-order valence-electron chi connectivity index (χ4n) is 6.19. The molecule has 0 saturated heterocycles. The van der Waals surface area contributed by atoms with Crippen molar-refractivity contribution in [3.05, 3.63) is 73.1 Å². The van der Waals surface area contributed by atoms with E-state index in [4.69, 9.17) is 18.5 Å². The van der Waals surface area contributed by atoms with Crippen molar-refractivity contribution >= 4 is 13.8 Å². The number of rotatable bonds is 43. The van der Waals surface area contributed by atoms with Gasteiger partial charge in [0.05, 0.1) is 34.0 Å². The third kappa shape index (κ3) is 46.7. The summed E-state index contributed by atoms with van der Waals surface area (Å²) < 4.78 is 34.8. The van der Waals surface area contributed by atoms with Crippen LogP contribution in [-0.2, 0) is 27.9 Å². The van der Waals surface area contributed by atoms with Crippen LogP contribution in [0.15, 0.2) is 73.1 Å². The monoisotopic (exact) mass is 849 g/mol. The zero-order valence-electron chi connectivity index (χ0n) is 38.7. The average molecular weight is 849 g/mol. The van der Waals surface area contributed by atoms with Crippen molar-refractivity contribution in [1.29, 1.82) is 0 Å². The number of esters is 1. The molecule has 0 aromatic rings. The highest BCUT2D eigenvalue weighted by Crippen LogP contribution is 2.43. The van der Waals surface area contributed by atoms with Gasteiger partial charge in [-0.25, -0.2) is 4.57 Å². The summed E-state index contributed by atoms with van der Waals surface area (Å²) in [5.41, 5.74) is 0. The molecule has 0 rings (SSSR count). The minimum Gasteiger partial charge on any atom is -0.498 e. The summed E-state index contributed by atoms with van der Waals surface area (Å²) in [6, 6.07) is 0. The summed E-state index contributed by atoms with van der Waals surface area (Å²) in [6.45, 7) is 4.78. The standard InChI is InChI=1S/C50H90NO7P/c1-6-8-10-12-14-16-18-20-22-24-26-27-29-31-33-35-37-39-41-43-50(52)58-49(48-57-59(53,54)56-46-44-51(3,4)5)47-55-45-42-40-38-36-34-32-30-28-25-23-21-19-17-15-13-11-9-7-2/h8,10,14,16,20,22,26-27,31,33,42,45,49H,6-7,9,11-13,15,17-19,21,23-25,28-30,32,34-41,43-44,46-48H2,1-5H3/p+1/b10-8+,16-14+,22-20+,27-26+,33-31+,45-42+/t49-/m1/s1. The lowest BCUT2D eigenvalue weighted by molar-refractivity contribution is -0.870. The van der Waals surface area contributed by atoms with Gasteiger partial charge in [-0.2, -0.15) is 0 Å². The van der Waals surface area contributed by atoms with Crippen LogP contribution in [0, 0.1) is 0 Å². The second kappa shape index (κ2) is 42.5. The molecule has 59 heavy (non-hydrogen) atoms. The third-order valence-corrected chi connectivity index (χ3v) is 10.8. The van der Waals surface area contributed by atoms with Crippen molar-refractivity contribution in [1.82, 2.24) is 0 Å². The third-order valence-electron chi connectivity index (χ3n) is 9.85. The molecule has 0 fully saturated rings. The van der Waals surface area contributed by atoms with E-state index in [1.807, 2.05) is 27.2 Å². The Labute approximate surface area is 363 Å². The molecule has 0 aromatic carbocycles. The fraction of sp³-hybridized carbons (Fsp3) is 0.740. The first-order valence-corrected chi connectivity index (χ1v) is 25.2. The van der Waals surface area contributed by atoms with Gasteiger partial charge in [0.25, 0.3) is 0 Å². The van der Waals surface area contributed by atoms with E-state index in [1.54, 1.807) is 6.26 Å². The molecule has 1 N–H and O–H groups in total. The van der Waals surface area contributed by atoms with Crippen LogP contribution in [0.5, 0.6) is 0 Å². The van der Waals surface area contributed by atoms with E-state index in [2.05, 4.69) is 74.6 Å². The number of likely N-dealkylation sites (N-methyl/N-ethyl adjacent to an activating group) is 1. The number of carbonyl (C=O) groups is 1. The first kappa shape index (κ1) is 56.8. The van der Waals surface area contributed by atoms with E-state index in [-0.39, 0.29) is 32.2 Å². The molecule has 2 atom stereocenters. The molecule has 0 aliphatic carbocycles. The number of phosphoric ester groups is 1. The van der Waals surface area contributed by atoms with Gasteiger partial charge in [0.1, 0.15) is 19.8 Å². The molecule has 9 heteroatoms. The largest absolute Gasteiger partial charge is 0.498 e. The van der Waals surface area contributed by atoms with Crippen molar-refractivity contribution in [2.45, 2.75) is 193 Å². The topological polar surface area (TPSA) is 91.3 Å². The minimum absolute atomic E-state index is 0.0319. The molecular weight excluding hydrogens is 758 g/mol. The van der Waals surface area contributed by atoms with Crippen LogP contribution in [0.25, 0.3) is 0 Å². The first-order chi connectivity index (χ1) is 28.6. The molecular formula is C50H91NO7P+. The van der Waals surface area contributed by atoms with Gasteiger partial charge in [0, 0.05) is 6.42 Å². The number of ether oxygens (including phenoxy) is 2. The number of hydrogen-bond acceptors (Lipinski definition) is 6. The fourth-order valence-corrected chi connectivity index (χ4v) is 6.93. The van der Waals surface area contributed by atoms with E-state index >= 15 is 0 Å². The highest BCUT2D eigenvalue weighted by molar-refractivity contribution is 7.47. The molecule has 0 aromatic heterocycles. The Morgan fingerprint density at radius 1 is 0.559 bits per heavy atom. The predicted octanol–water partition coefficient (Wildman–Crippen LogP) is 14.6. The molecule has 0 aliphatic rings. The summed E-state index contributed by atoms with van der Waals surface area (Å²) >= 11 is 0. The number of allylic oxidation sites excluding steroid dienone is 11. The summed E-state index contributed by atoms with van der Waals surface area (Å²) in [4.78, 5) is 22.9. The van der Waals surface area contributed by atoms with Crippen LogP contribution in [0.3, 0.4) is 0 Å². The van der Waals surface area contributed by atoms with E-state index in [0.29, 0.717) is 17.4 Å². The lowest BCUT2D eigenvalue weighted by Gasteiger charge is -2.24. The lowest BCUT2D eigenvalue weighted by atomic mass is 10.0. The van der Waals surface area contributed by atoms with Gasteiger partial charge in [0.15, 0.2) is 6.10 Å². The highest BCUT2D eigenvalue weighted by Gasteiger charge is 2.26. The van der Waals surface area contributed by atoms with Crippen molar-refractivity contribution in [2.24, 2.45) is 0 Å². The summed E-state index contributed by atoms with van der Waals surface area (Å²) in [6.07, 6.45) is 56.1. The van der Waals surface area contributed by atoms with Gasteiger partial charge in [-0.1, -0.05) is 177 Å². The molecule has 0 aliphatic heterocycles. The Kier molecular flexibility index (Phi) is 40.9. The zero-order valence-corrected chi connectivity index (χ0v) is 39.6. The van der Waals surface area contributed by atoms with Crippen LogP contribution >= 0.6 is 7.82 Å². The molecule has 0 spiro atoms. The van der Waals surface area contributed by atoms with Crippen LogP contribution in [0.4, 0.5) is 0 Å². The number of hydrogen-bond donors (Lipinski definition) is 1. The van der Waals surface area contributed by atoms with E-state index in [1.165, 1.54) is 96.3 Å². The summed E-state index contributed by atoms with van der Waals surface area (Å²) in [5.74, 6) is -0.368. The molecule has 0 bridgehead atoms. The van der Waals surface area contributed by atoms with Crippen molar-refractivity contribution in [2.75, 3.05) is 47.5 Å². The Hall–Kier alpha value is -2.22. The van der Waals surface area contributed by atoms with Gasteiger partial charge in [-0.15, -0.1) is 0 Å². The van der Waals surface area contributed by atoms with E-state index in [0.717, 1.165) is 64.2 Å². The molecule has 0 heterocycles. The van der Waals surface area contributed by atoms with Gasteiger partial charge >= 0.3 is 13.8 Å². The van der Waals surface area contributed by atoms with Gasteiger partial charge < -0.3 is 18.9 Å². The SMILES string of the molecule is CC/C=C/C/C=C/C/C=C/C/C=C/C/C=C/CCCCCC(=O)O[C@H](CO/C=C/CCCCCCCCCCCCCCCCCC)COP(=O)(O)OCC[N+](C)(C)C. The predicted molar refractivity (Wildman–Crippen MR) is 251 cm³/mol. The Morgan fingerprint density at radius 3 is 1.49 bits per heavy atom. The molecule has 0 amide bonds. The van der Waals surface area contributed by atoms with Crippen molar-refractivity contribution < 1.29 is 37.3 Å². The Morgan fingerprint density at radius 2 is 1.00 bits per heavy atom. The van der Waals surface area contributed by atoms with Crippen LogP contribution in [0.2, 0.25) is 0 Å².